The number of anilines is 1. The number of carbonyl (C=O) groups is 1. The van der Waals surface area contributed by atoms with Crippen LogP contribution < -0.4 is 10.6 Å². The Morgan fingerprint density at radius 2 is 1.93 bits per heavy atom. The van der Waals surface area contributed by atoms with Gasteiger partial charge in [-0.2, -0.15) is 4.98 Å². The number of aryl methyl sites for hydroxylation is 1. The molecule has 1 aromatic heterocycles. The summed E-state index contributed by atoms with van der Waals surface area (Å²) in [5.41, 5.74) is 5.38. The van der Waals surface area contributed by atoms with Crippen molar-refractivity contribution in [3.63, 3.8) is 0 Å². The normalized spacial score (nSPS) is 19.2. The Bertz CT molecular complexity index is 1110. The molecule has 0 amide bonds. The lowest BCUT2D eigenvalue weighted by molar-refractivity contribution is -0.116. The van der Waals surface area contributed by atoms with Gasteiger partial charge in [-0.15, -0.1) is 0 Å². The van der Waals surface area contributed by atoms with Crippen LogP contribution in [-0.2, 0) is 4.79 Å². The fraction of sp³-hybridized carbons (Fsp3) is 0.227. The highest BCUT2D eigenvalue weighted by molar-refractivity contribution is 6.03. The third-order valence-electron chi connectivity index (χ3n) is 5.26. The molecule has 3 aromatic rings. The van der Waals surface area contributed by atoms with Gasteiger partial charge < -0.3 is 9.73 Å². The van der Waals surface area contributed by atoms with E-state index in [1.807, 2.05) is 55.5 Å². The first-order chi connectivity index (χ1) is 13.7. The van der Waals surface area contributed by atoms with Gasteiger partial charge in [-0.05, 0) is 43.0 Å². The zero-order valence-corrected chi connectivity index (χ0v) is 15.5. The molecular weight excluding hydrogens is 352 g/mol. The summed E-state index contributed by atoms with van der Waals surface area (Å²) in [5, 5.41) is 6.45. The lowest BCUT2D eigenvalue weighted by Crippen LogP contribution is -2.38. The predicted octanol–water partition coefficient (Wildman–Crippen LogP) is 4.26. The van der Waals surface area contributed by atoms with Crippen LogP contribution in [0, 0.1) is 6.92 Å². The number of hydrogen-bond donors (Lipinski definition) is 2. The number of fused-ring (bicyclic) bond motifs is 1. The van der Waals surface area contributed by atoms with Crippen molar-refractivity contribution in [3.8, 4) is 0 Å². The number of nitrogens with one attached hydrogen (secondary N) is 2. The molecule has 1 unspecified atom stereocenters. The molecule has 2 aliphatic rings. The summed E-state index contributed by atoms with van der Waals surface area (Å²) in [7, 11) is 0. The van der Waals surface area contributed by atoms with Crippen LogP contribution >= 0.6 is 0 Å². The Hall–Kier alpha value is -3.41. The number of para-hydroxylation sites is 2. The molecule has 6 heteroatoms. The van der Waals surface area contributed by atoms with Gasteiger partial charge in [0.25, 0.3) is 0 Å². The topological polar surface area (TPSA) is 79.5 Å². The summed E-state index contributed by atoms with van der Waals surface area (Å²) in [6.45, 7) is 2.05. The molecule has 2 heterocycles. The van der Waals surface area contributed by atoms with Crippen LogP contribution in [0.3, 0.4) is 0 Å². The molecule has 2 aromatic carbocycles. The lowest BCUT2D eigenvalue weighted by Gasteiger charge is -2.31. The molecule has 0 fully saturated rings. The molecule has 0 spiro atoms. The van der Waals surface area contributed by atoms with Gasteiger partial charge in [0.05, 0.1) is 0 Å². The van der Waals surface area contributed by atoms with Gasteiger partial charge in [-0.3, -0.25) is 10.1 Å². The number of aliphatic imine (C=N–C) groups is 1. The summed E-state index contributed by atoms with van der Waals surface area (Å²) >= 11 is 0. The van der Waals surface area contributed by atoms with E-state index in [0.717, 1.165) is 40.8 Å². The molecule has 1 aliphatic heterocycles. The van der Waals surface area contributed by atoms with Gasteiger partial charge in [0.15, 0.2) is 11.4 Å². The maximum Gasteiger partial charge on any atom is 0.302 e. The van der Waals surface area contributed by atoms with Gasteiger partial charge >= 0.3 is 6.01 Å². The van der Waals surface area contributed by atoms with Crippen LogP contribution in [0.2, 0.25) is 0 Å². The SMILES string of the molecule is Cc1ccccc1C1N=C(Nc2nc3ccccc3o2)NC2=C1C(=O)CCC2. The highest BCUT2D eigenvalue weighted by Gasteiger charge is 2.33. The molecule has 28 heavy (non-hydrogen) atoms. The quantitative estimate of drug-likeness (QED) is 0.703. The molecule has 0 radical (unpaired) electrons. The second-order valence-corrected chi connectivity index (χ2v) is 7.14. The Labute approximate surface area is 162 Å². The minimum absolute atomic E-state index is 0.173. The second-order valence-electron chi connectivity index (χ2n) is 7.14. The first-order valence-corrected chi connectivity index (χ1v) is 9.48. The van der Waals surface area contributed by atoms with E-state index in [-0.39, 0.29) is 11.8 Å². The van der Waals surface area contributed by atoms with E-state index in [1.165, 1.54) is 0 Å². The number of aromatic nitrogens is 1. The van der Waals surface area contributed by atoms with Crippen LogP contribution in [-0.4, -0.2) is 16.7 Å². The number of carbonyl (C=O) groups excluding carboxylic acids is 1. The predicted molar refractivity (Wildman–Crippen MR) is 108 cm³/mol. The van der Waals surface area contributed by atoms with E-state index in [0.29, 0.717) is 24.0 Å². The average Bonchev–Trinajstić information content (AvgIpc) is 3.10. The zero-order chi connectivity index (χ0) is 19.1. The van der Waals surface area contributed by atoms with E-state index in [9.17, 15) is 4.79 Å². The molecular formula is C22H20N4O2. The van der Waals surface area contributed by atoms with Gasteiger partial charge in [0.2, 0.25) is 5.96 Å². The smallest absolute Gasteiger partial charge is 0.302 e. The van der Waals surface area contributed by atoms with Crippen LogP contribution in [0.15, 0.2) is 69.2 Å². The van der Waals surface area contributed by atoms with Crippen LogP contribution in [0.5, 0.6) is 0 Å². The van der Waals surface area contributed by atoms with Crippen molar-refractivity contribution in [2.45, 2.75) is 32.2 Å². The van der Waals surface area contributed by atoms with Crippen molar-refractivity contribution in [1.29, 1.82) is 0 Å². The molecule has 5 rings (SSSR count). The van der Waals surface area contributed by atoms with Crippen LogP contribution in [0.4, 0.5) is 6.01 Å². The second kappa shape index (κ2) is 6.64. The number of Topliss-reactive ketones (excluding diaryl/α,β-unsaturated/α-hetero) is 1. The molecule has 1 atom stereocenters. The zero-order valence-electron chi connectivity index (χ0n) is 15.5. The Morgan fingerprint density at radius 3 is 2.79 bits per heavy atom. The molecule has 0 bridgehead atoms. The van der Waals surface area contributed by atoms with Gasteiger partial charge in [0, 0.05) is 17.7 Å². The molecule has 1 aliphatic carbocycles. The summed E-state index contributed by atoms with van der Waals surface area (Å²) in [4.78, 5) is 22.0. The Morgan fingerprint density at radius 1 is 1.11 bits per heavy atom. The first-order valence-electron chi connectivity index (χ1n) is 9.48. The third kappa shape index (κ3) is 2.87. The molecule has 0 saturated heterocycles. The van der Waals surface area contributed by atoms with Crippen molar-refractivity contribution in [2.24, 2.45) is 4.99 Å². The number of allylic oxidation sites excluding steroid dienone is 1. The average molecular weight is 372 g/mol. The van der Waals surface area contributed by atoms with E-state index >= 15 is 0 Å². The summed E-state index contributed by atoms with van der Waals surface area (Å²) < 4.78 is 5.77. The minimum Gasteiger partial charge on any atom is -0.423 e. The number of hydrogen-bond acceptors (Lipinski definition) is 6. The first kappa shape index (κ1) is 16.7. The number of rotatable bonds is 2. The van der Waals surface area contributed by atoms with Crippen LogP contribution in [0.1, 0.15) is 36.4 Å². The van der Waals surface area contributed by atoms with Crippen molar-refractivity contribution in [2.75, 3.05) is 5.32 Å². The number of oxazole rings is 1. The number of benzene rings is 2. The molecule has 0 saturated carbocycles. The summed E-state index contributed by atoms with van der Waals surface area (Å²) in [5.74, 6) is 0.722. The van der Waals surface area contributed by atoms with E-state index in [1.54, 1.807) is 0 Å². The molecule has 140 valence electrons. The Kier molecular flexibility index (Phi) is 3.97. The standard InChI is InChI=1S/C22H20N4O2/c1-13-7-2-3-8-14(13)20-19-16(10-6-11-17(19)27)23-21(25-20)26-22-24-15-9-4-5-12-18(15)28-22/h2-5,7-9,12,20H,6,10-11H2,1H3,(H2,23,24,25,26). The van der Waals surface area contributed by atoms with E-state index < -0.39 is 0 Å². The van der Waals surface area contributed by atoms with Gasteiger partial charge in [-0.25, -0.2) is 4.99 Å². The lowest BCUT2D eigenvalue weighted by atomic mass is 9.85. The molecule has 6 nitrogen and oxygen atoms in total. The Balaban J connectivity index is 1.54. The van der Waals surface area contributed by atoms with E-state index in [2.05, 4.69) is 15.6 Å². The van der Waals surface area contributed by atoms with Crippen molar-refractivity contribution < 1.29 is 9.21 Å². The number of nitrogens with zero attached hydrogens (tertiary/aromatic N) is 2. The fourth-order valence-corrected chi connectivity index (χ4v) is 3.89. The van der Waals surface area contributed by atoms with Crippen molar-refractivity contribution in [3.05, 3.63) is 70.9 Å². The third-order valence-corrected chi connectivity index (χ3v) is 5.26. The highest BCUT2D eigenvalue weighted by atomic mass is 16.4. The number of guanidine groups is 1. The van der Waals surface area contributed by atoms with E-state index in [4.69, 9.17) is 9.41 Å². The fourth-order valence-electron chi connectivity index (χ4n) is 3.89. The largest absolute Gasteiger partial charge is 0.423 e. The van der Waals surface area contributed by atoms with Gasteiger partial charge in [-0.1, -0.05) is 36.4 Å². The highest BCUT2D eigenvalue weighted by Crippen LogP contribution is 2.37. The number of ketones is 1. The molecule has 2 N–H and O–H groups in total. The van der Waals surface area contributed by atoms with Crippen molar-refractivity contribution >= 4 is 28.9 Å². The summed E-state index contributed by atoms with van der Waals surface area (Å²) in [6.07, 6.45) is 2.26. The van der Waals surface area contributed by atoms with Gasteiger partial charge in [0.1, 0.15) is 11.6 Å². The summed E-state index contributed by atoms with van der Waals surface area (Å²) in [6, 6.07) is 15.7. The maximum atomic E-state index is 12.7. The minimum atomic E-state index is -0.322. The van der Waals surface area contributed by atoms with Crippen LogP contribution in [0.25, 0.3) is 11.1 Å². The van der Waals surface area contributed by atoms with Crippen molar-refractivity contribution in [1.82, 2.24) is 10.3 Å². The monoisotopic (exact) mass is 372 g/mol. The maximum absolute atomic E-state index is 12.7.